The molecule has 0 bridgehead atoms. The van der Waals surface area contributed by atoms with Gasteiger partial charge in [-0.2, -0.15) is 4.98 Å². The minimum absolute atomic E-state index is 0. The largest absolute Gasteiger partial charge is 1.00 e. The Morgan fingerprint density at radius 2 is 1.07 bits per heavy atom. The molecule has 10 rings (SSSR count). The summed E-state index contributed by atoms with van der Waals surface area (Å²) in [6.07, 6.45) is 0.725. The third-order valence-corrected chi connectivity index (χ3v) is 11.2. The molecule has 0 amide bonds. The van der Waals surface area contributed by atoms with E-state index in [4.69, 9.17) is 52.0 Å². The standard InChI is InChI=1S/C20H22N2O2.C13H18O2.C10H14O.C7H5ClN2.C3H5ClO.CH4.Na.H2O/c1-20(2,3)14-8-10-15(11-9-14)23-13-16-12-22-18-7-5-4-6-17(18)21-19(22)24-16;1-13(2,3)10-4-6-11(7-5-10)14-8-12-9-15-12;1-10(2,3)8-4-6-9(11)7-5-8;8-7-9-5-3-1-2-4-6(5)10-7;4-1-3-2-5-3;;;/h4-11,16H,12-13H2,1-3H3;4-7,12H,8-9H2,1-3H3;4-7,11H,1-3H3;1-4H,(H,9,10);3H,1-2H2;1H4;;1H2/q;;;;;;+1;/p-1/t16-;12-;;;3-;;;/m01..0.../s1. The van der Waals surface area contributed by atoms with E-state index in [1.165, 1.54) is 16.7 Å². The smallest absolute Gasteiger partial charge is 0.870 e. The Morgan fingerprint density at radius 1 is 0.632 bits per heavy atom. The zero-order valence-corrected chi connectivity index (χ0v) is 44.1. The van der Waals surface area contributed by atoms with Crippen LogP contribution in [0.1, 0.15) is 86.4 Å². The maximum Gasteiger partial charge on any atom is 1.00 e. The number of aromatic amines is 1. The maximum absolute atomic E-state index is 9.02. The van der Waals surface area contributed by atoms with E-state index in [2.05, 4.69) is 112 Å². The van der Waals surface area contributed by atoms with Crippen molar-refractivity contribution in [3.63, 3.8) is 0 Å². The van der Waals surface area contributed by atoms with Crippen LogP contribution >= 0.6 is 23.2 Å². The van der Waals surface area contributed by atoms with Crippen LogP contribution in [0.15, 0.2) is 121 Å². The summed E-state index contributed by atoms with van der Waals surface area (Å²) < 4.78 is 29.3. The number of nitrogens with zero attached hydrogens (tertiary/aromatic N) is 3. The molecule has 0 radical (unpaired) electrons. The summed E-state index contributed by atoms with van der Waals surface area (Å²) in [6.45, 7) is 23.4. The van der Waals surface area contributed by atoms with Crippen molar-refractivity contribution in [3.05, 3.63) is 143 Å². The van der Waals surface area contributed by atoms with E-state index < -0.39 is 0 Å². The zero-order chi connectivity index (χ0) is 46.8. The van der Waals surface area contributed by atoms with Crippen molar-refractivity contribution in [1.82, 2.24) is 19.5 Å². The summed E-state index contributed by atoms with van der Waals surface area (Å²) in [6, 6.07) is 40.5. The van der Waals surface area contributed by atoms with E-state index in [0.29, 0.717) is 48.3 Å². The molecule has 68 heavy (non-hydrogen) atoms. The predicted molar refractivity (Wildman–Crippen MR) is 272 cm³/mol. The molecular formula is C54H69Cl2N4NaO7. The molecule has 14 heteroatoms. The SMILES string of the molecule is C.CC(C)(C)c1ccc(O)cc1.CC(C)(C)c1ccc(OC[C@@H]2CO2)cc1.CC(C)(C)c1ccc(OC[C@@H]2Cn3c(nc4ccccc43)O2)cc1.ClC[C@H]1CO1.Clc1nc2ccccc2[nH]1.[Na+].[OH-]. The Kier molecular flexibility index (Phi) is 22.2. The molecular weight excluding hydrogens is 911 g/mol. The van der Waals surface area contributed by atoms with Gasteiger partial charge >= 0.3 is 29.6 Å². The normalized spacial score (nSPS) is 16.3. The summed E-state index contributed by atoms with van der Waals surface area (Å²) in [5, 5.41) is 9.47. The quantitative estimate of drug-likeness (QED) is 0.0905. The van der Waals surface area contributed by atoms with E-state index in [1.54, 1.807) is 12.1 Å². The van der Waals surface area contributed by atoms with Crippen LogP contribution in [0.5, 0.6) is 23.3 Å². The van der Waals surface area contributed by atoms with E-state index in [0.717, 1.165) is 53.3 Å². The van der Waals surface area contributed by atoms with Gasteiger partial charge in [0.05, 0.1) is 53.8 Å². The number of nitrogens with one attached hydrogen (secondary N) is 1. The molecule has 2 saturated heterocycles. The summed E-state index contributed by atoms with van der Waals surface area (Å²) in [7, 11) is 0. The number of rotatable bonds is 7. The number of phenolic OH excluding ortho intramolecular Hbond substituents is 1. The number of para-hydroxylation sites is 4. The summed E-state index contributed by atoms with van der Waals surface area (Å²) in [4.78, 5) is 11.5. The van der Waals surface area contributed by atoms with Crippen molar-refractivity contribution in [1.29, 1.82) is 0 Å². The summed E-state index contributed by atoms with van der Waals surface area (Å²) in [5.74, 6) is 2.80. The number of aromatic nitrogens is 4. The van der Waals surface area contributed by atoms with Crippen LogP contribution in [0, 0.1) is 0 Å². The molecule has 3 aliphatic heterocycles. The number of fused-ring (bicyclic) bond motifs is 4. The van der Waals surface area contributed by atoms with Crippen molar-refractivity contribution < 1.29 is 63.8 Å². The topological polar surface area (TPSA) is 149 Å². The number of hydrogen-bond acceptors (Lipinski definition) is 9. The third kappa shape index (κ3) is 18.2. The van der Waals surface area contributed by atoms with Gasteiger partial charge in [0.1, 0.15) is 36.6 Å². The van der Waals surface area contributed by atoms with Crippen LogP contribution in [0.3, 0.4) is 0 Å². The molecule has 3 atom stereocenters. The number of imidazole rings is 2. The first kappa shape index (κ1) is 58.0. The van der Waals surface area contributed by atoms with E-state index in [-0.39, 0.29) is 64.8 Å². The first-order chi connectivity index (χ1) is 30.8. The summed E-state index contributed by atoms with van der Waals surface area (Å²) >= 11 is 10.9. The van der Waals surface area contributed by atoms with E-state index in [1.807, 2.05) is 78.9 Å². The van der Waals surface area contributed by atoms with Crippen LogP contribution in [-0.2, 0) is 32.3 Å². The van der Waals surface area contributed by atoms with Crippen LogP contribution < -0.4 is 43.8 Å². The second kappa shape index (κ2) is 26.1. The number of aromatic hydroxyl groups is 1. The fraction of sp³-hybridized carbons (Fsp3) is 0.407. The average molecular weight is 980 g/mol. The third-order valence-electron chi connectivity index (χ3n) is 10.7. The molecule has 11 nitrogen and oxygen atoms in total. The molecule has 2 aromatic heterocycles. The number of epoxide rings is 2. The first-order valence-electron chi connectivity index (χ1n) is 22.1. The number of ether oxygens (including phenoxy) is 5. The maximum atomic E-state index is 9.02. The molecule has 5 heterocycles. The molecule has 5 aromatic carbocycles. The summed E-state index contributed by atoms with van der Waals surface area (Å²) in [5.41, 5.74) is 8.40. The van der Waals surface area contributed by atoms with Crippen molar-refractivity contribution in [3.8, 4) is 23.3 Å². The fourth-order valence-corrected chi connectivity index (χ4v) is 6.85. The van der Waals surface area contributed by atoms with Crippen molar-refractivity contribution in [2.24, 2.45) is 0 Å². The van der Waals surface area contributed by atoms with Gasteiger partial charge in [-0.15, -0.1) is 11.6 Å². The molecule has 0 unspecified atom stereocenters. The van der Waals surface area contributed by atoms with E-state index in [9.17, 15) is 0 Å². The monoisotopic (exact) mass is 978 g/mol. The van der Waals surface area contributed by atoms with Gasteiger partial charge in [-0.05, 0) is 105 Å². The van der Waals surface area contributed by atoms with Gasteiger partial charge in [0.15, 0.2) is 6.10 Å². The van der Waals surface area contributed by atoms with Crippen LogP contribution in [0.2, 0.25) is 5.28 Å². The molecule has 0 spiro atoms. The van der Waals surface area contributed by atoms with Gasteiger partial charge in [0, 0.05) is 0 Å². The van der Waals surface area contributed by atoms with Gasteiger partial charge in [0.25, 0.3) is 6.01 Å². The van der Waals surface area contributed by atoms with Gasteiger partial charge in [-0.25, -0.2) is 4.98 Å². The predicted octanol–water partition coefficient (Wildman–Crippen LogP) is 9.93. The fourth-order valence-electron chi connectivity index (χ4n) is 6.48. The number of hydrogen-bond donors (Lipinski definition) is 2. The van der Waals surface area contributed by atoms with Gasteiger partial charge in [0.2, 0.25) is 5.28 Å². The Balaban J connectivity index is 0.000000241. The minimum atomic E-state index is -0.000557. The zero-order valence-electron chi connectivity index (χ0n) is 40.6. The molecule has 3 N–H and O–H groups in total. The van der Waals surface area contributed by atoms with Gasteiger partial charge in [-0.1, -0.05) is 130 Å². The van der Waals surface area contributed by atoms with Crippen molar-refractivity contribution in [2.75, 3.05) is 32.3 Å². The van der Waals surface area contributed by atoms with Crippen molar-refractivity contribution in [2.45, 2.75) is 111 Å². The number of halogens is 2. The number of phenols is 1. The van der Waals surface area contributed by atoms with E-state index >= 15 is 0 Å². The Morgan fingerprint density at radius 3 is 1.51 bits per heavy atom. The Hall–Kier alpha value is -4.30. The van der Waals surface area contributed by atoms with Crippen LogP contribution in [0.25, 0.3) is 22.1 Å². The van der Waals surface area contributed by atoms with Crippen LogP contribution in [-0.4, -0.2) is 80.7 Å². The van der Waals surface area contributed by atoms with Crippen molar-refractivity contribution >= 4 is 45.3 Å². The number of benzene rings is 5. The second-order valence-corrected chi connectivity index (χ2v) is 20.0. The Bertz CT molecular complexity index is 2510. The molecule has 7 aromatic rings. The second-order valence-electron chi connectivity index (χ2n) is 19.3. The molecule has 0 saturated carbocycles. The minimum Gasteiger partial charge on any atom is -0.870 e. The number of alkyl halides is 1. The molecule has 3 aliphatic rings. The molecule has 2 fully saturated rings. The van der Waals surface area contributed by atoms with Crippen LogP contribution in [0.4, 0.5) is 0 Å². The number of H-pyrrole nitrogens is 1. The molecule has 0 aliphatic carbocycles. The first-order valence-corrected chi connectivity index (χ1v) is 23.0. The molecule has 362 valence electrons. The Labute approximate surface area is 435 Å². The average Bonchev–Trinajstić information content (AvgIpc) is 4.18. The van der Waals surface area contributed by atoms with Gasteiger partial charge < -0.3 is 39.3 Å². The van der Waals surface area contributed by atoms with Gasteiger partial charge in [-0.3, -0.25) is 4.57 Å².